The molecule has 6 nitrogen and oxygen atoms in total. The van der Waals surface area contributed by atoms with E-state index in [0.29, 0.717) is 24.8 Å². The molecular formula is C22H26FN3O3S. The van der Waals surface area contributed by atoms with Crippen LogP contribution in [0.4, 0.5) is 4.39 Å². The van der Waals surface area contributed by atoms with Crippen LogP contribution in [0.25, 0.3) is 0 Å². The lowest BCUT2D eigenvalue weighted by Crippen LogP contribution is -2.25. The number of para-hydroxylation sites is 1. The number of fused-ring (bicyclic) bond motifs is 2. The van der Waals surface area contributed by atoms with Gasteiger partial charge in [-0.15, -0.1) is 10.2 Å². The quantitative estimate of drug-likeness (QED) is 0.606. The van der Waals surface area contributed by atoms with Gasteiger partial charge in [0.1, 0.15) is 11.9 Å². The third-order valence-electron chi connectivity index (χ3n) is 6.88. The second-order valence-corrected chi connectivity index (χ2v) is 9.80. The number of benzene rings is 1. The van der Waals surface area contributed by atoms with Crippen LogP contribution in [-0.4, -0.2) is 32.6 Å². The molecule has 1 aromatic carbocycles. The van der Waals surface area contributed by atoms with E-state index in [1.54, 1.807) is 18.2 Å². The van der Waals surface area contributed by atoms with Crippen LogP contribution in [-0.2, 0) is 16.1 Å². The summed E-state index contributed by atoms with van der Waals surface area (Å²) in [6.07, 6.45) is 5.86. The van der Waals surface area contributed by atoms with Gasteiger partial charge in [0.2, 0.25) is 0 Å². The first-order valence-corrected chi connectivity index (χ1v) is 11.6. The summed E-state index contributed by atoms with van der Waals surface area (Å²) in [6, 6.07) is 6.57. The summed E-state index contributed by atoms with van der Waals surface area (Å²) in [6.45, 7) is 2.81. The van der Waals surface area contributed by atoms with Gasteiger partial charge in [-0.3, -0.25) is 9.36 Å². The van der Waals surface area contributed by atoms with Crippen molar-refractivity contribution in [3.8, 4) is 5.75 Å². The van der Waals surface area contributed by atoms with Crippen LogP contribution in [0.1, 0.15) is 50.9 Å². The molecule has 1 saturated heterocycles. The van der Waals surface area contributed by atoms with E-state index >= 15 is 0 Å². The van der Waals surface area contributed by atoms with Crippen LogP contribution in [0.3, 0.4) is 0 Å². The summed E-state index contributed by atoms with van der Waals surface area (Å²) in [5.74, 6) is 2.43. The molecule has 1 aliphatic heterocycles. The summed E-state index contributed by atoms with van der Waals surface area (Å²) in [4.78, 5) is 12.0. The van der Waals surface area contributed by atoms with Gasteiger partial charge in [0.25, 0.3) is 0 Å². The lowest BCUT2D eigenvalue weighted by Gasteiger charge is -2.30. The van der Waals surface area contributed by atoms with Crippen LogP contribution in [0.15, 0.2) is 29.4 Å². The fraction of sp³-hybridized carbons (Fsp3) is 0.591. The van der Waals surface area contributed by atoms with Crippen molar-refractivity contribution < 1.29 is 18.7 Å². The predicted molar refractivity (Wildman–Crippen MR) is 110 cm³/mol. The van der Waals surface area contributed by atoms with E-state index in [0.717, 1.165) is 17.0 Å². The predicted octanol–water partition coefficient (Wildman–Crippen LogP) is 4.40. The minimum Gasteiger partial charge on any atom is -0.483 e. The number of rotatable bonds is 7. The highest BCUT2D eigenvalue weighted by Crippen LogP contribution is 2.52. The molecule has 30 heavy (non-hydrogen) atoms. The number of hydrogen-bond donors (Lipinski definition) is 0. The molecule has 0 radical (unpaired) electrons. The number of cyclic esters (lactones) is 1. The number of ether oxygens (including phenoxy) is 2. The molecule has 5 unspecified atom stereocenters. The second-order valence-electron chi connectivity index (χ2n) is 8.63. The Hall–Kier alpha value is -2.09. The monoisotopic (exact) mass is 431 g/mol. The first-order chi connectivity index (χ1) is 14.6. The molecule has 1 aromatic heterocycles. The average Bonchev–Trinajstić information content (AvgIpc) is 3.53. The van der Waals surface area contributed by atoms with Crippen molar-refractivity contribution in [2.75, 3.05) is 6.61 Å². The van der Waals surface area contributed by atoms with Gasteiger partial charge >= 0.3 is 5.97 Å². The highest BCUT2D eigenvalue weighted by Gasteiger charge is 2.43. The average molecular weight is 432 g/mol. The Bertz CT molecular complexity index is 936. The van der Waals surface area contributed by atoms with Gasteiger partial charge in [0.15, 0.2) is 22.5 Å². The molecule has 0 amide bonds. The van der Waals surface area contributed by atoms with Gasteiger partial charge in [-0.2, -0.15) is 0 Å². The van der Waals surface area contributed by atoms with E-state index < -0.39 is 5.82 Å². The zero-order valence-electron chi connectivity index (χ0n) is 17.0. The van der Waals surface area contributed by atoms with Crippen LogP contribution < -0.4 is 4.74 Å². The Labute approximate surface area is 179 Å². The van der Waals surface area contributed by atoms with Crippen molar-refractivity contribution in [3.05, 3.63) is 35.9 Å². The largest absolute Gasteiger partial charge is 0.483 e. The number of nitrogens with zero attached hydrogens (tertiary/aromatic N) is 3. The van der Waals surface area contributed by atoms with E-state index in [-0.39, 0.29) is 29.6 Å². The van der Waals surface area contributed by atoms with Gasteiger partial charge in [0, 0.05) is 12.5 Å². The molecule has 3 fully saturated rings. The molecule has 5 atom stereocenters. The molecule has 0 spiro atoms. The Balaban J connectivity index is 1.41. The normalized spacial score (nSPS) is 28.7. The molecule has 2 heterocycles. The first kappa shape index (κ1) is 19.8. The van der Waals surface area contributed by atoms with Gasteiger partial charge < -0.3 is 9.47 Å². The molecule has 8 heteroatoms. The maximum Gasteiger partial charge on any atom is 0.319 e. The van der Waals surface area contributed by atoms with Crippen molar-refractivity contribution in [2.45, 2.75) is 62.1 Å². The zero-order chi connectivity index (χ0) is 20.7. The van der Waals surface area contributed by atoms with Crippen molar-refractivity contribution in [2.24, 2.45) is 17.8 Å². The van der Waals surface area contributed by atoms with Gasteiger partial charge in [-0.1, -0.05) is 30.3 Å². The third kappa shape index (κ3) is 3.70. The molecule has 2 saturated carbocycles. The minimum absolute atomic E-state index is 0.134. The van der Waals surface area contributed by atoms with Gasteiger partial charge in [-0.25, -0.2) is 4.39 Å². The van der Waals surface area contributed by atoms with E-state index in [4.69, 9.17) is 9.47 Å². The number of esters is 1. The highest BCUT2D eigenvalue weighted by molar-refractivity contribution is 8.00. The summed E-state index contributed by atoms with van der Waals surface area (Å²) in [5, 5.41) is 9.25. The third-order valence-corrected chi connectivity index (χ3v) is 8.09. The summed E-state index contributed by atoms with van der Waals surface area (Å²) in [5.41, 5.74) is 0. The topological polar surface area (TPSA) is 66.2 Å². The Morgan fingerprint density at radius 3 is 2.83 bits per heavy atom. The van der Waals surface area contributed by atoms with Crippen LogP contribution in [0.2, 0.25) is 0 Å². The van der Waals surface area contributed by atoms with E-state index in [2.05, 4.69) is 21.7 Å². The summed E-state index contributed by atoms with van der Waals surface area (Å²) >= 11 is 1.42. The maximum atomic E-state index is 14.0. The lowest BCUT2D eigenvalue weighted by atomic mass is 9.84. The van der Waals surface area contributed by atoms with Crippen molar-refractivity contribution in [3.63, 3.8) is 0 Å². The minimum atomic E-state index is -0.395. The second kappa shape index (κ2) is 8.21. The number of carbonyl (C=O) groups excluding carboxylic acids is 1. The first-order valence-electron chi connectivity index (χ1n) is 10.7. The van der Waals surface area contributed by atoms with Crippen LogP contribution in [0.5, 0.6) is 5.75 Å². The highest BCUT2D eigenvalue weighted by atomic mass is 32.2. The molecular weight excluding hydrogens is 405 g/mol. The number of thioether (sulfide) groups is 1. The van der Waals surface area contributed by atoms with Crippen LogP contribution in [0, 0.1) is 23.6 Å². The summed E-state index contributed by atoms with van der Waals surface area (Å²) in [7, 11) is 0. The fourth-order valence-electron chi connectivity index (χ4n) is 5.39. The molecule has 2 bridgehead atoms. The van der Waals surface area contributed by atoms with E-state index in [1.165, 1.54) is 43.5 Å². The SMILES string of the molecule is CC(C1CC2CCC1C2)n1c(COc2ccccc2F)nnc1SC1CCOC1=O. The van der Waals surface area contributed by atoms with Crippen molar-refractivity contribution in [1.82, 2.24) is 14.8 Å². The van der Waals surface area contributed by atoms with E-state index in [1.807, 2.05) is 0 Å². The summed E-state index contributed by atoms with van der Waals surface area (Å²) < 4.78 is 27.0. The Kier molecular flexibility index (Phi) is 5.43. The van der Waals surface area contributed by atoms with Gasteiger partial charge in [0.05, 0.1) is 6.61 Å². The standard InChI is InChI=1S/C22H26FN3O3S/c1-13(16-11-14-6-7-15(16)10-14)26-20(12-29-18-5-3-2-4-17(18)23)24-25-22(26)30-19-8-9-28-21(19)27/h2-5,13-16,19H,6-12H2,1H3. The number of carbonyl (C=O) groups is 1. The van der Waals surface area contributed by atoms with Crippen molar-refractivity contribution in [1.29, 1.82) is 0 Å². The maximum absolute atomic E-state index is 14.0. The van der Waals surface area contributed by atoms with Gasteiger partial charge in [-0.05, 0) is 56.1 Å². The lowest BCUT2D eigenvalue weighted by molar-refractivity contribution is -0.137. The molecule has 2 aliphatic carbocycles. The molecule has 3 aliphatic rings. The zero-order valence-corrected chi connectivity index (χ0v) is 17.8. The molecule has 160 valence electrons. The van der Waals surface area contributed by atoms with Crippen LogP contribution >= 0.6 is 11.8 Å². The number of hydrogen-bond acceptors (Lipinski definition) is 6. The number of aromatic nitrogens is 3. The smallest absolute Gasteiger partial charge is 0.319 e. The Morgan fingerprint density at radius 1 is 1.27 bits per heavy atom. The fourth-order valence-corrected chi connectivity index (χ4v) is 6.49. The molecule has 2 aromatic rings. The number of halogens is 1. The molecule has 5 rings (SSSR count). The molecule has 0 N–H and O–H groups in total. The van der Waals surface area contributed by atoms with Crippen molar-refractivity contribution >= 4 is 17.7 Å². The Morgan fingerprint density at radius 2 is 2.13 bits per heavy atom. The van der Waals surface area contributed by atoms with E-state index in [9.17, 15) is 9.18 Å².